The lowest BCUT2D eigenvalue weighted by Crippen LogP contribution is -2.19. The van der Waals surface area contributed by atoms with Crippen molar-refractivity contribution < 1.29 is 14.3 Å². The van der Waals surface area contributed by atoms with Gasteiger partial charge in [0.1, 0.15) is 5.69 Å². The van der Waals surface area contributed by atoms with Crippen LogP contribution in [-0.4, -0.2) is 37.6 Å². The molecule has 0 spiro atoms. The van der Waals surface area contributed by atoms with E-state index in [0.717, 1.165) is 5.56 Å². The van der Waals surface area contributed by atoms with E-state index in [1.165, 1.54) is 0 Å². The van der Waals surface area contributed by atoms with Gasteiger partial charge < -0.3 is 20.1 Å². The van der Waals surface area contributed by atoms with Gasteiger partial charge in [-0.05, 0) is 48.5 Å². The first kappa shape index (κ1) is 19.7. The minimum absolute atomic E-state index is 0.177. The van der Waals surface area contributed by atoms with Crippen LogP contribution in [0.4, 0.5) is 16.2 Å². The number of nitrogens with zero attached hydrogens (tertiary/aromatic N) is 5. The molecule has 34 heavy (non-hydrogen) atoms. The topological polar surface area (TPSA) is 116 Å². The van der Waals surface area contributed by atoms with E-state index in [-0.39, 0.29) is 12.8 Å². The molecule has 0 unspecified atom stereocenters. The number of rotatable bonds is 4. The first-order valence-electron chi connectivity index (χ1n) is 10.4. The van der Waals surface area contributed by atoms with E-state index in [2.05, 4.69) is 25.8 Å². The zero-order chi connectivity index (χ0) is 22.9. The summed E-state index contributed by atoms with van der Waals surface area (Å²) < 4.78 is 12.3. The Morgan fingerprint density at radius 1 is 0.824 bits per heavy atom. The second-order valence-corrected chi connectivity index (χ2v) is 7.46. The van der Waals surface area contributed by atoms with Gasteiger partial charge in [-0.3, -0.25) is 4.98 Å². The molecule has 2 aromatic carbocycles. The molecule has 5 aromatic rings. The van der Waals surface area contributed by atoms with Crippen molar-refractivity contribution in [3.63, 3.8) is 0 Å². The third kappa shape index (κ3) is 3.73. The van der Waals surface area contributed by atoms with Gasteiger partial charge in [-0.25, -0.2) is 4.79 Å². The molecule has 2 N–H and O–H groups in total. The van der Waals surface area contributed by atoms with Gasteiger partial charge in [0, 0.05) is 29.2 Å². The summed E-state index contributed by atoms with van der Waals surface area (Å²) in [6.45, 7) is 0.177. The Balaban J connectivity index is 1.24. The van der Waals surface area contributed by atoms with Gasteiger partial charge >= 0.3 is 6.03 Å². The van der Waals surface area contributed by atoms with Gasteiger partial charge in [0.05, 0.1) is 5.69 Å². The van der Waals surface area contributed by atoms with E-state index in [1.807, 2.05) is 48.5 Å². The molecular formula is C24H17N7O3. The summed E-state index contributed by atoms with van der Waals surface area (Å²) >= 11 is 0. The lowest BCUT2D eigenvalue weighted by Gasteiger charge is -2.10. The number of ether oxygens (including phenoxy) is 2. The molecule has 4 heterocycles. The molecule has 0 saturated heterocycles. The molecular weight excluding hydrogens is 434 g/mol. The number of pyridine rings is 1. The van der Waals surface area contributed by atoms with Gasteiger partial charge in [0.25, 0.3) is 0 Å². The number of hydrogen-bond acceptors (Lipinski definition) is 7. The second kappa shape index (κ2) is 8.17. The molecule has 2 amide bonds. The fourth-order valence-electron chi connectivity index (χ4n) is 3.62. The molecule has 10 heteroatoms. The summed E-state index contributed by atoms with van der Waals surface area (Å²) in [5.74, 6) is 1.80. The van der Waals surface area contributed by atoms with Crippen LogP contribution >= 0.6 is 0 Å². The van der Waals surface area contributed by atoms with Crippen LogP contribution in [0.5, 0.6) is 11.5 Å². The predicted octanol–water partition coefficient (Wildman–Crippen LogP) is 4.23. The maximum absolute atomic E-state index is 12.5. The number of anilines is 2. The number of urea groups is 1. The molecule has 0 saturated carbocycles. The van der Waals surface area contributed by atoms with E-state index >= 15 is 0 Å². The van der Waals surface area contributed by atoms with Crippen molar-refractivity contribution in [2.75, 3.05) is 17.4 Å². The molecule has 0 atom stereocenters. The fraction of sp³-hybridized carbons (Fsp3) is 0.0417. The molecule has 0 aliphatic carbocycles. The Labute approximate surface area is 193 Å². The fourth-order valence-corrected chi connectivity index (χ4v) is 3.62. The minimum atomic E-state index is -0.379. The van der Waals surface area contributed by atoms with E-state index < -0.39 is 0 Å². The van der Waals surface area contributed by atoms with Crippen molar-refractivity contribution in [3.05, 3.63) is 79.0 Å². The van der Waals surface area contributed by atoms with E-state index in [9.17, 15) is 4.79 Å². The Bertz CT molecular complexity index is 1520. The largest absolute Gasteiger partial charge is 0.454 e. The Morgan fingerprint density at radius 3 is 2.59 bits per heavy atom. The van der Waals surface area contributed by atoms with Gasteiger partial charge in [-0.1, -0.05) is 18.2 Å². The number of carbonyl (C=O) groups is 1. The van der Waals surface area contributed by atoms with Crippen molar-refractivity contribution in [2.24, 2.45) is 0 Å². The number of nitrogens with one attached hydrogen (secondary N) is 2. The molecule has 0 radical (unpaired) electrons. The molecule has 0 bridgehead atoms. The van der Waals surface area contributed by atoms with Crippen LogP contribution in [-0.2, 0) is 0 Å². The van der Waals surface area contributed by atoms with Crippen molar-refractivity contribution >= 4 is 23.1 Å². The van der Waals surface area contributed by atoms with Crippen LogP contribution < -0.4 is 20.1 Å². The number of aromatic nitrogens is 5. The van der Waals surface area contributed by atoms with Crippen LogP contribution in [0.15, 0.2) is 79.0 Å². The lowest BCUT2D eigenvalue weighted by atomic mass is 10.1. The Hall–Kier alpha value is -4.99. The third-order valence-electron chi connectivity index (χ3n) is 5.20. The van der Waals surface area contributed by atoms with E-state index in [0.29, 0.717) is 45.7 Å². The maximum atomic E-state index is 12.5. The van der Waals surface area contributed by atoms with Crippen molar-refractivity contribution in [3.8, 4) is 34.3 Å². The van der Waals surface area contributed by atoms with Gasteiger partial charge in [0.2, 0.25) is 12.6 Å². The molecule has 3 aromatic heterocycles. The summed E-state index contributed by atoms with van der Waals surface area (Å²) in [4.78, 5) is 16.9. The normalized spacial score (nSPS) is 12.0. The van der Waals surface area contributed by atoms with E-state index in [4.69, 9.17) is 14.6 Å². The summed E-state index contributed by atoms with van der Waals surface area (Å²) in [6, 6.07) is 21.5. The molecule has 1 aliphatic rings. The molecule has 166 valence electrons. The number of amides is 2. The average molecular weight is 451 g/mol. The highest BCUT2D eigenvalue weighted by Gasteiger charge is 2.15. The van der Waals surface area contributed by atoms with Crippen molar-refractivity contribution in [1.82, 2.24) is 24.8 Å². The van der Waals surface area contributed by atoms with Crippen LogP contribution in [0.25, 0.3) is 28.4 Å². The Morgan fingerprint density at radius 2 is 1.71 bits per heavy atom. The van der Waals surface area contributed by atoms with Crippen LogP contribution in [0.1, 0.15) is 0 Å². The maximum Gasteiger partial charge on any atom is 0.323 e. The zero-order valence-corrected chi connectivity index (χ0v) is 17.7. The monoisotopic (exact) mass is 451 g/mol. The Kier molecular flexibility index (Phi) is 4.73. The smallest absolute Gasteiger partial charge is 0.323 e. The number of hydrogen-bond donors (Lipinski definition) is 2. The molecule has 6 rings (SSSR count). The molecule has 1 aliphatic heterocycles. The summed E-state index contributed by atoms with van der Waals surface area (Å²) in [6.07, 6.45) is 1.70. The third-order valence-corrected chi connectivity index (χ3v) is 5.20. The van der Waals surface area contributed by atoms with Crippen molar-refractivity contribution in [2.45, 2.75) is 0 Å². The summed E-state index contributed by atoms with van der Waals surface area (Å²) in [5.41, 5.74) is 4.02. The highest BCUT2D eigenvalue weighted by molar-refractivity contribution is 6.00. The average Bonchev–Trinajstić information content (AvgIpc) is 3.51. The van der Waals surface area contributed by atoms with Crippen LogP contribution in [0.2, 0.25) is 0 Å². The highest BCUT2D eigenvalue weighted by atomic mass is 16.7. The first-order chi connectivity index (χ1) is 16.7. The first-order valence-corrected chi connectivity index (χ1v) is 10.4. The SMILES string of the molecule is O=C(Nc1cccc(-c2ccc3nnc(-c4ccccn4)n3n2)c1)Nc1ccc2c(c1)OCO2. The minimum Gasteiger partial charge on any atom is -0.454 e. The van der Waals surface area contributed by atoms with Crippen molar-refractivity contribution in [1.29, 1.82) is 0 Å². The summed E-state index contributed by atoms with van der Waals surface area (Å²) in [5, 5.41) is 18.7. The number of benzene rings is 2. The standard InChI is InChI=1S/C24H17N7O3/c32-24(27-17-7-9-20-21(13-17)34-14-33-20)26-16-5-3-4-15(12-16)18-8-10-22-28-29-23(31(22)30-18)19-6-1-2-11-25-19/h1-13H,14H2,(H2,26,27,32). The van der Waals surface area contributed by atoms with Crippen LogP contribution in [0, 0.1) is 0 Å². The lowest BCUT2D eigenvalue weighted by molar-refractivity contribution is 0.174. The quantitative estimate of drug-likeness (QED) is 0.420. The second-order valence-electron chi connectivity index (χ2n) is 7.46. The predicted molar refractivity (Wildman–Crippen MR) is 125 cm³/mol. The highest BCUT2D eigenvalue weighted by Crippen LogP contribution is 2.34. The van der Waals surface area contributed by atoms with E-state index in [1.54, 1.807) is 35.0 Å². The molecule has 10 nitrogen and oxygen atoms in total. The number of fused-ring (bicyclic) bond motifs is 2. The molecule has 0 fully saturated rings. The summed E-state index contributed by atoms with van der Waals surface area (Å²) in [7, 11) is 0. The van der Waals surface area contributed by atoms with Gasteiger partial charge in [0.15, 0.2) is 17.1 Å². The van der Waals surface area contributed by atoms with Gasteiger partial charge in [-0.2, -0.15) is 9.61 Å². The van der Waals surface area contributed by atoms with Crippen LogP contribution in [0.3, 0.4) is 0 Å². The van der Waals surface area contributed by atoms with Gasteiger partial charge in [-0.15, -0.1) is 10.2 Å². The zero-order valence-electron chi connectivity index (χ0n) is 17.7. The number of carbonyl (C=O) groups excluding carboxylic acids is 1.